The fraction of sp³-hybridized carbons (Fsp3) is 0.357. The lowest BCUT2D eigenvalue weighted by atomic mass is 9.86. The van der Waals surface area contributed by atoms with E-state index in [0.717, 1.165) is 11.1 Å². The maximum atomic E-state index is 11.8. The van der Waals surface area contributed by atoms with Crippen LogP contribution in [0.3, 0.4) is 0 Å². The number of Topliss-reactive ketones (excluding diaryl/α,β-unsaturated/α-hetero) is 1. The molecule has 0 bridgehead atoms. The molecule has 0 saturated carbocycles. The van der Waals surface area contributed by atoms with E-state index in [2.05, 4.69) is 5.10 Å². The summed E-state index contributed by atoms with van der Waals surface area (Å²) in [6.45, 7) is 0.0815. The van der Waals surface area contributed by atoms with Gasteiger partial charge in [0.05, 0.1) is 6.21 Å². The van der Waals surface area contributed by atoms with Crippen molar-refractivity contribution >= 4 is 18.0 Å². The molecule has 0 aromatic heterocycles. The summed E-state index contributed by atoms with van der Waals surface area (Å²) in [7, 11) is 0. The van der Waals surface area contributed by atoms with E-state index in [1.54, 1.807) is 12.1 Å². The van der Waals surface area contributed by atoms with Gasteiger partial charge in [0.1, 0.15) is 0 Å². The average Bonchev–Trinajstić information content (AvgIpc) is 2.46. The minimum atomic E-state index is -1.89. The maximum absolute atomic E-state index is 11.8. The molecule has 1 aromatic rings. The number of aryl methyl sites for hydroxylation is 1. The SMILES string of the molecule is NCCC(=O)C(N)(CCc1ccc(C=NN)cc1)C(=O)O. The summed E-state index contributed by atoms with van der Waals surface area (Å²) in [4.78, 5) is 23.1. The molecule has 21 heavy (non-hydrogen) atoms. The summed E-state index contributed by atoms with van der Waals surface area (Å²) in [6, 6.07) is 7.22. The molecule has 7 heteroatoms. The molecule has 1 atom stereocenters. The zero-order valence-corrected chi connectivity index (χ0v) is 11.7. The zero-order chi connectivity index (χ0) is 15.9. The molecular weight excluding hydrogens is 272 g/mol. The number of ketones is 1. The van der Waals surface area contributed by atoms with Crippen molar-refractivity contribution in [1.29, 1.82) is 0 Å². The predicted molar refractivity (Wildman–Crippen MR) is 79.8 cm³/mol. The zero-order valence-electron chi connectivity index (χ0n) is 11.7. The van der Waals surface area contributed by atoms with Crippen LogP contribution in [0.4, 0.5) is 0 Å². The molecule has 0 spiro atoms. The quantitative estimate of drug-likeness (QED) is 0.222. The number of nitrogens with zero attached hydrogens (tertiary/aromatic N) is 1. The minimum Gasteiger partial charge on any atom is -0.480 e. The second kappa shape index (κ2) is 7.51. The highest BCUT2D eigenvalue weighted by atomic mass is 16.4. The van der Waals surface area contributed by atoms with Crippen molar-refractivity contribution in [2.45, 2.75) is 24.8 Å². The molecule has 1 rings (SSSR count). The van der Waals surface area contributed by atoms with Gasteiger partial charge in [-0.2, -0.15) is 5.10 Å². The number of carboxylic acids is 1. The summed E-state index contributed by atoms with van der Waals surface area (Å²) in [5, 5.41) is 12.6. The third-order valence-corrected chi connectivity index (χ3v) is 3.26. The Morgan fingerprint density at radius 3 is 2.38 bits per heavy atom. The topological polar surface area (TPSA) is 145 Å². The van der Waals surface area contributed by atoms with E-state index in [-0.39, 0.29) is 19.4 Å². The summed E-state index contributed by atoms with van der Waals surface area (Å²) >= 11 is 0. The van der Waals surface area contributed by atoms with Gasteiger partial charge in [0.15, 0.2) is 11.3 Å². The van der Waals surface area contributed by atoms with Crippen molar-refractivity contribution in [3.63, 3.8) is 0 Å². The van der Waals surface area contributed by atoms with Gasteiger partial charge < -0.3 is 22.4 Å². The third-order valence-electron chi connectivity index (χ3n) is 3.26. The maximum Gasteiger partial charge on any atom is 0.331 e. The van der Waals surface area contributed by atoms with Crippen LogP contribution in [0.5, 0.6) is 0 Å². The van der Waals surface area contributed by atoms with Crippen LogP contribution in [0, 0.1) is 0 Å². The van der Waals surface area contributed by atoms with Crippen molar-refractivity contribution < 1.29 is 14.7 Å². The molecule has 0 aliphatic rings. The van der Waals surface area contributed by atoms with Crippen LogP contribution < -0.4 is 17.3 Å². The van der Waals surface area contributed by atoms with Crippen molar-refractivity contribution in [1.82, 2.24) is 0 Å². The fourth-order valence-corrected chi connectivity index (χ4v) is 1.92. The van der Waals surface area contributed by atoms with Gasteiger partial charge in [0.25, 0.3) is 0 Å². The second-order valence-electron chi connectivity index (χ2n) is 4.76. The highest BCUT2D eigenvalue weighted by Gasteiger charge is 2.40. The van der Waals surface area contributed by atoms with E-state index in [1.165, 1.54) is 6.21 Å². The van der Waals surface area contributed by atoms with Crippen LogP contribution in [-0.4, -0.2) is 35.2 Å². The lowest BCUT2D eigenvalue weighted by molar-refractivity contribution is -0.148. The summed E-state index contributed by atoms with van der Waals surface area (Å²) < 4.78 is 0. The molecule has 0 aliphatic carbocycles. The van der Waals surface area contributed by atoms with Crippen molar-refractivity contribution in [3.05, 3.63) is 35.4 Å². The largest absolute Gasteiger partial charge is 0.480 e. The van der Waals surface area contributed by atoms with Crippen molar-refractivity contribution in [2.24, 2.45) is 22.4 Å². The molecular formula is C14H20N4O3. The third kappa shape index (κ3) is 4.37. The Bertz CT molecular complexity index is 528. The van der Waals surface area contributed by atoms with Crippen LogP contribution in [0.1, 0.15) is 24.0 Å². The Morgan fingerprint density at radius 1 is 1.29 bits per heavy atom. The molecule has 0 saturated heterocycles. The molecule has 0 amide bonds. The van der Waals surface area contributed by atoms with Crippen LogP contribution >= 0.6 is 0 Å². The highest BCUT2D eigenvalue weighted by Crippen LogP contribution is 2.16. The molecule has 0 heterocycles. The summed E-state index contributed by atoms with van der Waals surface area (Å²) in [5.74, 6) is 3.17. The number of nitrogens with two attached hydrogens (primary N) is 3. The minimum absolute atomic E-state index is 0.0193. The van der Waals surface area contributed by atoms with Gasteiger partial charge in [-0.1, -0.05) is 24.3 Å². The summed E-state index contributed by atoms with van der Waals surface area (Å²) in [6.07, 6.45) is 1.85. The lowest BCUT2D eigenvalue weighted by Crippen LogP contribution is -2.55. The number of carbonyl (C=O) groups excluding carboxylic acids is 1. The second-order valence-corrected chi connectivity index (χ2v) is 4.76. The van der Waals surface area contributed by atoms with Gasteiger partial charge in [-0.3, -0.25) is 4.79 Å². The molecule has 7 N–H and O–H groups in total. The Balaban J connectivity index is 2.77. The van der Waals surface area contributed by atoms with E-state index >= 15 is 0 Å². The Labute approximate surface area is 122 Å². The summed E-state index contributed by atoms with van der Waals surface area (Å²) in [5.41, 5.74) is 10.9. The number of aliphatic carboxylic acids is 1. The number of rotatable bonds is 8. The number of hydrogen-bond donors (Lipinski definition) is 4. The first kappa shape index (κ1) is 16.8. The predicted octanol–water partition coefficient (Wildman–Crippen LogP) is -0.388. The number of carbonyl (C=O) groups is 2. The van der Waals surface area contributed by atoms with Gasteiger partial charge in [0, 0.05) is 6.42 Å². The van der Waals surface area contributed by atoms with Crippen LogP contribution in [-0.2, 0) is 16.0 Å². The molecule has 1 unspecified atom stereocenters. The smallest absolute Gasteiger partial charge is 0.331 e. The highest BCUT2D eigenvalue weighted by molar-refractivity contribution is 6.07. The molecule has 0 aliphatic heterocycles. The lowest BCUT2D eigenvalue weighted by Gasteiger charge is -2.23. The van der Waals surface area contributed by atoms with Gasteiger partial charge in [0.2, 0.25) is 0 Å². The Morgan fingerprint density at radius 2 is 1.90 bits per heavy atom. The number of benzene rings is 1. The van der Waals surface area contributed by atoms with Crippen molar-refractivity contribution in [3.8, 4) is 0 Å². The standard InChI is InChI=1S/C14H20N4O3/c15-8-6-12(19)14(16,13(20)21)7-5-10-1-3-11(4-2-10)9-18-17/h1-4,9H,5-8,15-17H2,(H,20,21). The normalized spacial score (nSPS) is 14.0. The van der Waals surface area contributed by atoms with E-state index < -0.39 is 17.3 Å². The van der Waals surface area contributed by atoms with Crippen LogP contribution in [0.2, 0.25) is 0 Å². The van der Waals surface area contributed by atoms with Gasteiger partial charge in [-0.25, -0.2) is 4.79 Å². The van der Waals surface area contributed by atoms with E-state index in [4.69, 9.17) is 17.3 Å². The Kier molecular flexibility index (Phi) is 6.01. The van der Waals surface area contributed by atoms with Gasteiger partial charge >= 0.3 is 5.97 Å². The van der Waals surface area contributed by atoms with Crippen LogP contribution in [0.25, 0.3) is 0 Å². The van der Waals surface area contributed by atoms with Gasteiger partial charge in [-0.05, 0) is 30.5 Å². The van der Waals surface area contributed by atoms with E-state index in [1.807, 2.05) is 12.1 Å². The molecule has 114 valence electrons. The Hall–Kier alpha value is -2.25. The first-order valence-electron chi connectivity index (χ1n) is 6.52. The van der Waals surface area contributed by atoms with E-state index in [9.17, 15) is 14.7 Å². The van der Waals surface area contributed by atoms with Crippen molar-refractivity contribution in [2.75, 3.05) is 6.54 Å². The molecule has 1 aromatic carbocycles. The first-order chi connectivity index (χ1) is 9.93. The van der Waals surface area contributed by atoms with E-state index in [0.29, 0.717) is 6.42 Å². The van der Waals surface area contributed by atoms with Gasteiger partial charge in [-0.15, -0.1) is 0 Å². The molecule has 0 radical (unpaired) electrons. The number of carboxylic acid groups (broad SMARTS) is 1. The molecule has 7 nitrogen and oxygen atoms in total. The monoisotopic (exact) mass is 292 g/mol. The van der Waals surface area contributed by atoms with Crippen LogP contribution in [0.15, 0.2) is 29.4 Å². The fourth-order valence-electron chi connectivity index (χ4n) is 1.92. The number of hydrogen-bond acceptors (Lipinski definition) is 6. The molecule has 0 fully saturated rings. The first-order valence-corrected chi connectivity index (χ1v) is 6.52. The average molecular weight is 292 g/mol. The number of hydrazone groups is 1.